The van der Waals surface area contributed by atoms with Crippen LogP contribution < -0.4 is 0 Å². The molecule has 0 aliphatic carbocycles. The topological polar surface area (TPSA) is 70.4 Å². The van der Waals surface area contributed by atoms with Gasteiger partial charge in [0, 0.05) is 12.6 Å². The minimum Gasteiger partial charge on any atom is -0.479 e. The third-order valence-corrected chi connectivity index (χ3v) is 2.25. The van der Waals surface area contributed by atoms with Crippen molar-refractivity contribution in [2.45, 2.75) is 12.5 Å². The highest BCUT2D eigenvalue weighted by molar-refractivity contribution is 9.10. The Balaban J connectivity index is 2.74. The van der Waals surface area contributed by atoms with Gasteiger partial charge in [0.2, 0.25) is 0 Å². The zero-order valence-electron chi connectivity index (χ0n) is 6.64. The lowest BCUT2D eigenvalue weighted by molar-refractivity contribution is -0.146. The second-order valence-electron chi connectivity index (χ2n) is 2.51. The number of aliphatic carboxylic acids is 1. The molecule has 1 unspecified atom stereocenters. The molecule has 0 aliphatic rings. The highest BCUT2D eigenvalue weighted by atomic mass is 79.9. The average Bonchev–Trinajstić information content (AvgIpc) is 2.08. The third kappa shape index (κ3) is 2.78. The number of hydrogen-bond acceptors (Lipinski definition) is 3. The molecule has 0 amide bonds. The maximum Gasteiger partial charge on any atom is 0.332 e. The van der Waals surface area contributed by atoms with Crippen molar-refractivity contribution in [3.05, 3.63) is 28.5 Å². The van der Waals surface area contributed by atoms with Gasteiger partial charge in [-0.3, -0.25) is 0 Å². The minimum absolute atomic E-state index is 0.0593. The molecule has 5 heteroatoms. The smallest absolute Gasteiger partial charge is 0.332 e. The van der Waals surface area contributed by atoms with Crippen LogP contribution in [0, 0.1) is 0 Å². The van der Waals surface area contributed by atoms with E-state index in [1.807, 2.05) is 0 Å². The summed E-state index contributed by atoms with van der Waals surface area (Å²) in [4.78, 5) is 14.2. The van der Waals surface area contributed by atoms with Gasteiger partial charge in [-0.25, -0.2) is 9.78 Å². The van der Waals surface area contributed by atoms with E-state index in [0.717, 1.165) is 0 Å². The van der Waals surface area contributed by atoms with Crippen LogP contribution in [0.5, 0.6) is 0 Å². The number of hydrogen-bond donors (Lipinski definition) is 2. The molecule has 0 aliphatic heterocycles. The highest BCUT2D eigenvalue weighted by Crippen LogP contribution is 2.14. The molecule has 13 heavy (non-hydrogen) atoms. The van der Waals surface area contributed by atoms with Gasteiger partial charge in [-0.05, 0) is 27.6 Å². The highest BCUT2D eigenvalue weighted by Gasteiger charge is 2.15. The van der Waals surface area contributed by atoms with Crippen LogP contribution in [0.1, 0.15) is 5.56 Å². The van der Waals surface area contributed by atoms with Crippen LogP contribution in [0.2, 0.25) is 0 Å². The van der Waals surface area contributed by atoms with E-state index in [1.54, 1.807) is 18.3 Å². The fourth-order valence-corrected chi connectivity index (χ4v) is 1.28. The normalized spacial score (nSPS) is 12.5. The average molecular weight is 246 g/mol. The van der Waals surface area contributed by atoms with Crippen LogP contribution in [0.3, 0.4) is 0 Å². The van der Waals surface area contributed by atoms with Crippen LogP contribution in [0.15, 0.2) is 22.9 Å². The molecule has 1 aromatic heterocycles. The summed E-state index contributed by atoms with van der Waals surface area (Å²) in [6.45, 7) is 0. The zero-order chi connectivity index (χ0) is 9.84. The van der Waals surface area contributed by atoms with Crippen molar-refractivity contribution in [3.8, 4) is 0 Å². The second kappa shape index (κ2) is 4.34. The number of carboxylic acid groups (broad SMARTS) is 1. The molecule has 0 spiro atoms. The number of halogens is 1. The lowest BCUT2D eigenvalue weighted by Crippen LogP contribution is -2.22. The molecule has 1 atom stereocenters. The van der Waals surface area contributed by atoms with Crippen LogP contribution in [-0.4, -0.2) is 27.3 Å². The number of aromatic nitrogens is 1. The van der Waals surface area contributed by atoms with E-state index in [2.05, 4.69) is 20.9 Å². The predicted octanol–water partition coefficient (Wildman–Crippen LogP) is 0.832. The molecular weight excluding hydrogens is 238 g/mol. The Morgan fingerprint density at radius 2 is 2.38 bits per heavy atom. The van der Waals surface area contributed by atoms with Crippen molar-refractivity contribution in [2.75, 3.05) is 0 Å². The fraction of sp³-hybridized carbons (Fsp3) is 0.250. The van der Waals surface area contributed by atoms with Gasteiger partial charge in [0.05, 0.1) is 0 Å². The SMILES string of the molecule is O=C(O)C(O)Cc1cccnc1Br. The lowest BCUT2D eigenvalue weighted by atomic mass is 10.1. The molecule has 0 saturated heterocycles. The van der Waals surface area contributed by atoms with Gasteiger partial charge in [0.25, 0.3) is 0 Å². The van der Waals surface area contributed by atoms with Crippen molar-refractivity contribution >= 4 is 21.9 Å². The van der Waals surface area contributed by atoms with E-state index < -0.39 is 12.1 Å². The fourth-order valence-electron chi connectivity index (χ4n) is 0.867. The summed E-state index contributed by atoms with van der Waals surface area (Å²) in [5, 5.41) is 17.5. The van der Waals surface area contributed by atoms with Crippen LogP contribution >= 0.6 is 15.9 Å². The first-order valence-electron chi connectivity index (χ1n) is 3.61. The number of carbonyl (C=O) groups is 1. The molecule has 1 rings (SSSR count). The summed E-state index contributed by atoms with van der Waals surface area (Å²) < 4.78 is 0.565. The molecule has 0 saturated carbocycles. The van der Waals surface area contributed by atoms with E-state index in [4.69, 9.17) is 10.2 Å². The molecule has 0 fully saturated rings. The summed E-state index contributed by atoms with van der Waals surface area (Å²) >= 11 is 3.16. The van der Waals surface area contributed by atoms with Crippen molar-refractivity contribution < 1.29 is 15.0 Å². The van der Waals surface area contributed by atoms with Crippen molar-refractivity contribution in [2.24, 2.45) is 0 Å². The van der Waals surface area contributed by atoms with Gasteiger partial charge < -0.3 is 10.2 Å². The summed E-state index contributed by atoms with van der Waals surface area (Å²) in [5.74, 6) is -1.23. The number of pyridine rings is 1. The molecule has 0 bridgehead atoms. The number of carboxylic acids is 1. The van der Waals surface area contributed by atoms with E-state index in [9.17, 15) is 4.79 Å². The summed E-state index contributed by atoms with van der Waals surface area (Å²) in [6.07, 6.45) is 0.269. The maximum absolute atomic E-state index is 10.3. The number of aliphatic hydroxyl groups is 1. The number of aliphatic hydroxyl groups excluding tert-OH is 1. The Labute approximate surface area is 83.4 Å². The summed E-state index contributed by atoms with van der Waals surface area (Å²) in [5.41, 5.74) is 0.678. The molecule has 70 valence electrons. The van der Waals surface area contributed by atoms with Gasteiger partial charge >= 0.3 is 5.97 Å². The molecule has 0 aromatic carbocycles. The van der Waals surface area contributed by atoms with Gasteiger partial charge in [-0.15, -0.1) is 0 Å². The Morgan fingerprint density at radius 1 is 1.69 bits per heavy atom. The largest absolute Gasteiger partial charge is 0.479 e. The Hall–Kier alpha value is -0.940. The van der Waals surface area contributed by atoms with Crippen molar-refractivity contribution in [1.82, 2.24) is 4.98 Å². The summed E-state index contributed by atoms with van der Waals surface area (Å²) in [6, 6.07) is 3.40. The molecule has 4 nitrogen and oxygen atoms in total. The Morgan fingerprint density at radius 3 is 2.92 bits per heavy atom. The first-order valence-corrected chi connectivity index (χ1v) is 4.41. The molecule has 2 N–H and O–H groups in total. The van der Waals surface area contributed by atoms with Gasteiger partial charge in [0.1, 0.15) is 4.60 Å². The zero-order valence-corrected chi connectivity index (χ0v) is 8.23. The molecule has 0 radical (unpaired) electrons. The molecule has 1 heterocycles. The number of rotatable bonds is 3. The second-order valence-corrected chi connectivity index (χ2v) is 3.26. The third-order valence-electron chi connectivity index (χ3n) is 1.53. The number of nitrogens with zero attached hydrogens (tertiary/aromatic N) is 1. The van der Waals surface area contributed by atoms with Gasteiger partial charge in [-0.1, -0.05) is 6.07 Å². The minimum atomic E-state index is -1.37. The van der Waals surface area contributed by atoms with Gasteiger partial charge in [-0.2, -0.15) is 0 Å². The van der Waals surface area contributed by atoms with E-state index in [0.29, 0.717) is 10.2 Å². The van der Waals surface area contributed by atoms with Gasteiger partial charge in [0.15, 0.2) is 6.10 Å². The quantitative estimate of drug-likeness (QED) is 0.775. The van der Waals surface area contributed by atoms with Crippen molar-refractivity contribution in [1.29, 1.82) is 0 Å². The van der Waals surface area contributed by atoms with Crippen LogP contribution in [0.4, 0.5) is 0 Å². The standard InChI is InChI=1S/C8H8BrNO3/c9-7-5(2-1-3-10-7)4-6(11)8(12)13/h1-3,6,11H,4H2,(H,12,13). The Kier molecular flexibility index (Phi) is 3.39. The first kappa shape index (κ1) is 10.1. The molecular formula is C8H8BrNO3. The van der Waals surface area contributed by atoms with Crippen LogP contribution in [-0.2, 0) is 11.2 Å². The Bertz CT molecular complexity index is 316. The van der Waals surface area contributed by atoms with Crippen molar-refractivity contribution in [3.63, 3.8) is 0 Å². The lowest BCUT2D eigenvalue weighted by Gasteiger charge is -2.05. The summed E-state index contributed by atoms with van der Waals surface area (Å²) in [7, 11) is 0. The monoisotopic (exact) mass is 245 g/mol. The van der Waals surface area contributed by atoms with E-state index in [1.165, 1.54) is 0 Å². The van der Waals surface area contributed by atoms with E-state index in [-0.39, 0.29) is 6.42 Å². The van der Waals surface area contributed by atoms with E-state index >= 15 is 0 Å². The van der Waals surface area contributed by atoms with Crippen LogP contribution in [0.25, 0.3) is 0 Å². The maximum atomic E-state index is 10.3. The first-order chi connectivity index (χ1) is 6.11. The predicted molar refractivity (Wildman–Crippen MR) is 49.3 cm³/mol. The molecule has 1 aromatic rings.